The average molecular weight is 303 g/mol. The summed E-state index contributed by atoms with van der Waals surface area (Å²) in [5, 5.41) is 7.02. The molecule has 1 aromatic rings. The normalized spacial score (nSPS) is 21.5. The van der Waals surface area contributed by atoms with Crippen LogP contribution in [0.4, 0.5) is 4.39 Å². The quantitative estimate of drug-likeness (QED) is 0.661. The molecule has 2 fully saturated rings. The Kier molecular flexibility index (Phi) is 4.65. The molecular formula is C18H26FN3. The number of hydrogen-bond donors (Lipinski definition) is 2. The number of benzene rings is 1. The van der Waals surface area contributed by atoms with Crippen molar-refractivity contribution in [3.05, 3.63) is 35.6 Å². The summed E-state index contributed by atoms with van der Waals surface area (Å²) in [4.78, 5) is 4.36. The van der Waals surface area contributed by atoms with Gasteiger partial charge in [-0.1, -0.05) is 31.4 Å². The molecule has 2 aliphatic carbocycles. The molecular weight excluding hydrogens is 277 g/mol. The summed E-state index contributed by atoms with van der Waals surface area (Å²) < 4.78 is 13.1. The predicted octanol–water partition coefficient (Wildman–Crippen LogP) is 3.36. The monoisotopic (exact) mass is 303 g/mol. The van der Waals surface area contributed by atoms with Crippen LogP contribution < -0.4 is 10.6 Å². The fourth-order valence-electron chi connectivity index (χ4n) is 3.41. The summed E-state index contributed by atoms with van der Waals surface area (Å²) in [6, 6.07) is 7.51. The van der Waals surface area contributed by atoms with Gasteiger partial charge in [0, 0.05) is 25.0 Å². The summed E-state index contributed by atoms with van der Waals surface area (Å²) >= 11 is 0. The Morgan fingerprint density at radius 3 is 2.45 bits per heavy atom. The molecule has 0 aliphatic heterocycles. The number of nitrogens with one attached hydrogen (secondary N) is 2. The van der Waals surface area contributed by atoms with E-state index in [-0.39, 0.29) is 11.2 Å². The summed E-state index contributed by atoms with van der Waals surface area (Å²) in [7, 11) is 1.83. The average Bonchev–Trinajstić information content (AvgIpc) is 3.34. The van der Waals surface area contributed by atoms with Crippen molar-refractivity contribution in [2.24, 2.45) is 4.99 Å². The maximum Gasteiger partial charge on any atom is 0.191 e. The van der Waals surface area contributed by atoms with Gasteiger partial charge in [0.25, 0.3) is 0 Å². The first kappa shape index (κ1) is 15.3. The Bertz CT molecular complexity index is 514. The van der Waals surface area contributed by atoms with Crippen LogP contribution in [-0.4, -0.2) is 25.6 Å². The van der Waals surface area contributed by atoms with Crippen molar-refractivity contribution >= 4 is 5.96 Å². The fourth-order valence-corrected chi connectivity index (χ4v) is 3.41. The second-order valence-electron chi connectivity index (χ2n) is 6.69. The first-order valence-electron chi connectivity index (χ1n) is 8.45. The lowest BCUT2D eigenvalue weighted by molar-refractivity contribution is 0.409. The van der Waals surface area contributed by atoms with Gasteiger partial charge in [-0.25, -0.2) is 4.39 Å². The molecule has 0 atom stereocenters. The molecule has 0 radical (unpaired) electrons. The van der Waals surface area contributed by atoms with Crippen LogP contribution in [0.2, 0.25) is 0 Å². The zero-order chi connectivity index (χ0) is 15.4. The highest BCUT2D eigenvalue weighted by Gasteiger charge is 2.44. The molecule has 22 heavy (non-hydrogen) atoms. The number of hydrogen-bond acceptors (Lipinski definition) is 1. The molecule has 0 spiro atoms. The number of nitrogens with zero attached hydrogens (tertiary/aromatic N) is 1. The smallest absolute Gasteiger partial charge is 0.191 e. The third-order valence-corrected chi connectivity index (χ3v) is 5.07. The highest BCUT2D eigenvalue weighted by Crippen LogP contribution is 2.47. The van der Waals surface area contributed by atoms with Gasteiger partial charge in [-0.2, -0.15) is 0 Å². The van der Waals surface area contributed by atoms with Crippen LogP contribution >= 0.6 is 0 Å². The lowest BCUT2D eigenvalue weighted by atomic mass is 9.95. The molecule has 1 aromatic carbocycles. The van der Waals surface area contributed by atoms with Gasteiger partial charge in [0.15, 0.2) is 5.96 Å². The van der Waals surface area contributed by atoms with E-state index in [1.165, 1.54) is 37.7 Å². The van der Waals surface area contributed by atoms with E-state index in [0.717, 1.165) is 25.3 Å². The van der Waals surface area contributed by atoms with E-state index in [0.29, 0.717) is 6.04 Å². The molecule has 3 nitrogen and oxygen atoms in total. The fraction of sp³-hybridized carbons (Fsp3) is 0.611. The number of rotatable bonds is 4. The highest BCUT2D eigenvalue weighted by molar-refractivity contribution is 5.80. The van der Waals surface area contributed by atoms with Crippen LogP contribution in [0.25, 0.3) is 0 Å². The zero-order valence-electron chi connectivity index (χ0n) is 13.4. The van der Waals surface area contributed by atoms with Gasteiger partial charge in [-0.15, -0.1) is 0 Å². The number of halogens is 1. The molecule has 0 heterocycles. The Hall–Kier alpha value is -1.58. The summed E-state index contributed by atoms with van der Waals surface area (Å²) in [5.41, 5.74) is 1.40. The molecule has 3 rings (SSSR count). The zero-order valence-corrected chi connectivity index (χ0v) is 13.4. The third-order valence-electron chi connectivity index (χ3n) is 5.07. The van der Waals surface area contributed by atoms with Crippen LogP contribution in [0.15, 0.2) is 29.3 Å². The summed E-state index contributed by atoms with van der Waals surface area (Å²) in [6.07, 6.45) is 8.78. The first-order valence-corrected chi connectivity index (χ1v) is 8.45. The third kappa shape index (κ3) is 3.60. The van der Waals surface area contributed by atoms with Gasteiger partial charge in [0.1, 0.15) is 5.82 Å². The van der Waals surface area contributed by atoms with Gasteiger partial charge in [0.05, 0.1) is 0 Å². The lowest BCUT2D eigenvalue weighted by Crippen LogP contribution is -2.46. The minimum absolute atomic E-state index is 0.165. The Morgan fingerprint density at radius 2 is 1.86 bits per heavy atom. The van der Waals surface area contributed by atoms with Crippen molar-refractivity contribution in [2.45, 2.75) is 56.4 Å². The van der Waals surface area contributed by atoms with Crippen LogP contribution in [0, 0.1) is 5.82 Å². The Morgan fingerprint density at radius 1 is 1.18 bits per heavy atom. The van der Waals surface area contributed by atoms with E-state index in [9.17, 15) is 4.39 Å². The van der Waals surface area contributed by atoms with Gasteiger partial charge in [0.2, 0.25) is 0 Å². The maximum absolute atomic E-state index is 13.1. The molecule has 0 amide bonds. The molecule has 0 aromatic heterocycles. The van der Waals surface area contributed by atoms with Gasteiger partial charge in [-0.05, 0) is 43.4 Å². The molecule has 0 bridgehead atoms. The molecule has 2 saturated carbocycles. The number of guanidine groups is 1. The SMILES string of the molecule is CN=C(NCC1(c2ccc(F)cc2)CC1)NC1CCCCC1. The minimum Gasteiger partial charge on any atom is -0.356 e. The Balaban J connectivity index is 1.55. The van der Waals surface area contributed by atoms with E-state index in [4.69, 9.17) is 0 Å². The molecule has 2 N–H and O–H groups in total. The van der Waals surface area contributed by atoms with Crippen molar-refractivity contribution in [2.75, 3.05) is 13.6 Å². The van der Waals surface area contributed by atoms with Crippen molar-refractivity contribution in [1.29, 1.82) is 0 Å². The van der Waals surface area contributed by atoms with E-state index in [1.54, 1.807) is 12.1 Å². The van der Waals surface area contributed by atoms with E-state index in [2.05, 4.69) is 15.6 Å². The second-order valence-corrected chi connectivity index (χ2v) is 6.69. The van der Waals surface area contributed by atoms with Crippen molar-refractivity contribution in [1.82, 2.24) is 10.6 Å². The second kappa shape index (κ2) is 6.67. The Labute approximate surface area is 132 Å². The standard InChI is InChI=1S/C18H26FN3/c1-20-17(22-16-5-3-2-4-6-16)21-13-18(11-12-18)14-7-9-15(19)10-8-14/h7-10,16H,2-6,11-13H2,1H3,(H2,20,21,22). The largest absolute Gasteiger partial charge is 0.356 e. The molecule has 0 saturated heterocycles. The molecule has 2 aliphatic rings. The van der Waals surface area contributed by atoms with Crippen molar-refractivity contribution < 1.29 is 4.39 Å². The van der Waals surface area contributed by atoms with Gasteiger partial charge < -0.3 is 10.6 Å². The summed E-state index contributed by atoms with van der Waals surface area (Å²) in [6.45, 7) is 0.866. The van der Waals surface area contributed by atoms with Crippen molar-refractivity contribution in [3.63, 3.8) is 0 Å². The molecule has 120 valence electrons. The maximum atomic E-state index is 13.1. The van der Waals surface area contributed by atoms with Gasteiger partial charge in [-0.3, -0.25) is 4.99 Å². The molecule has 4 heteroatoms. The predicted molar refractivity (Wildman–Crippen MR) is 88.7 cm³/mol. The van der Waals surface area contributed by atoms with Crippen LogP contribution in [-0.2, 0) is 5.41 Å². The van der Waals surface area contributed by atoms with E-state index < -0.39 is 0 Å². The summed E-state index contributed by atoms with van der Waals surface area (Å²) in [5.74, 6) is 0.738. The minimum atomic E-state index is -0.165. The van der Waals surface area contributed by atoms with Crippen LogP contribution in [0.3, 0.4) is 0 Å². The van der Waals surface area contributed by atoms with E-state index in [1.807, 2.05) is 19.2 Å². The topological polar surface area (TPSA) is 36.4 Å². The van der Waals surface area contributed by atoms with E-state index >= 15 is 0 Å². The van der Waals surface area contributed by atoms with Crippen LogP contribution in [0.1, 0.15) is 50.5 Å². The molecule has 0 unspecified atom stereocenters. The highest BCUT2D eigenvalue weighted by atomic mass is 19.1. The number of aliphatic imine (C=N–C) groups is 1. The van der Waals surface area contributed by atoms with Gasteiger partial charge >= 0.3 is 0 Å². The lowest BCUT2D eigenvalue weighted by Gasteiger charge is -2.26. The van der Waals surface area contributed by atoms with Crippen molar-refractivity contribution in [3.8, 4) is 0 Å². The first-order chi connectivity index (χ1) is 10.7. The van der Waals surface area contributed by atoms with Crippen LogP contribution in [0.5, 0.6) is 0 Å².